The van der Waals surface area contributed by atoms with E-state index in [9.17, 15) is 4.79 Å². The monoisotopic (exact) mass is 302 g/mol. The lowest BCUT2D eigenvalue weighted by molar-refractivity contribution is 0.0525. The average molecular weight is 302 g/mol. The summed E-state index contributed by atoms with van der Waals surface area (Å²) in [4.78, 5) is 12.0. The predicted molar refractivity (Wildman–Crippen MR) is 84.3 cm³/mol. The molecule has 0 aliphatic carbocycles. The molecule has 0 spiro atoms. The first kappa shape index (κ1) is 16.1. The van der Waals surface area contributed by atoms with Gasteiger partial charge in [-0.1, -0.05) is 25.5 Å². The highest BCUT2D eigenvalue weighted by Gasteiger charge is 2.17. The summed E-state index contributed by atoms with van der Waals surface area (Å²) in [5.74, 6) is 0.525. The van der Waals surface area contributed by atoms with Gasteiger partial charge >= 0.3 is 5.97 Å². The summed E-state index contributed by atoms with van der Waals surface area (Å²) >= 11 is 0. The second-order valence-electron chi connectivity index (χ2n) is 4.98. The van der Waals surface area contributed by atoms with E-state index in [0.717, 1.165) is 29.8 Å². The number of hydrogen-bond donors (Lipinski definition) is 0. The Labute approximate surface area is 130 Å². The summed E-state index contributed by atoms with van der Waals surface area (Å²) in [5.41, 5.74) is 2.60. The van der Waals surface area contributed by atoms with Crippen molar-refractivity contribution in [2.75, 3.05) is 13.7 Å². The third-order valence-electron chi connectivity index (χ3n) is 3.42. The molecule has 0 radical (unpaired) electrons. The maximum Gasteiger partial charge on any atom is 0.341 e. The summed E-state index contributed by atoms with van der Waals surface area (Å²) in [7, 11) is 1.65. The SMILES string of the molecule is CCCc1c(C(=O)OCC)cnn1Cc1ccc(OC)cc1. The highest BCUT2D eigenvalue weighted by atomic mass is 16.5. The molecule has 0 saturated carbocycles. The maximum absolute atomic E-state index is 12.0. The molecule has 0 saturated heterocycles. The normalized spacial score (nSPS) is 10.5. The van der Waals surface area contributed by atoms with Crippen molar-refractivity contribution in [3.05, 3.63) is 47.3 Å². The van der Waals surface area contributed by atoms with Gasteiger partial charge in [-0.25, -0.2) is 4.79 Å². The number of aromatic nitrogens is 2. The van der Waals surface area contributed by atoms with Crippen LogP contribution < -0.4 is 4.74 Å². The van der Waals surface area contributed by atoms with Crippen LogP contribution in [-0.4, -0.2) is 29.5 Å². The van der Waals surface area contributed by atoms with Crippen LogP contribution in [0.5, 0.6) is 5.75 Å². The Morgan fingerprint density at radius 1 is 1.23 bits per heavy atom. The lowest BCUT2D eigenvalue weighted by Crippen LogP contribution is -2.11. The standard InChI is InChI=1S/C17H22N2O3/c1-4-6-16-15(17(20)22-5-2)11-18-19(16)12-13-7-9-14(21-3)10-8-13/h7-11H,4-6,12H2,1-3H3. The van der Waals surface area contributed by atoms with Crippen LogP contribution in [0.25, 0.3) is 0 Å². The van der Waals surface area contributed by atoms with E-state index in [2.05, 4.69) is 12.0 Å². The van der Waals surface area contributed by atoms with Gasteiger partial charge in [0.25, 0.3) is 0 Å². The van der Waals surface area contributed by atoms with Crippen molar-refractivity contribution in [2.45, 2.75) is 33.2 Å². The van der Waals surface area contributed by atoms with Crippen molar-refractivity contribution < 1.29 is 14.3 Å². The minimum atomic E-state index is -0.299. The van der Waals surface area contributed by atoms with Crippen LogP contribution in [0.3, 0.4) is 0 Å². The van der Waals surface area contributed by atoms with E-state index in [-0.39, 0.29) is 5.97 Å². The third kappa shape index (κ3) is 3.67. The van der Waals surface area contributed by atoms with Crippen LogP contribution in [-0.2, 0) is 17.7 Å². The molecule has 5 heteroatoms. The second kappa shape index (κ2) is 7.64. The highest BCUT2D eigenvalue weighted by Crippen LogP contribution is 2.17. The zero-order valence-corrected chi connectivity index (χ0v) is 13.3. The summed E-state index contributed by atoms with van der Waals surface area (Å²) in [5, 5.41) is 4.36. The van der Waals surface area contributed by atoms with E-state index >= 15 is 0 Å². The van der Waals surface area contributed by atoms with Crippen molar-refractivity contribution in [1.29, 1.82) is 0 Å². The summed E-state index contributed by atoms with van der Waals surface area (Å²) in [6.07, 6.45) is 3.34. The molecule has 2 aromatic rings. The molecule has 22 heavy (non-hydrogen) atoms. The fourth-order valence-corrected chi connectivity index (χ4v) is 2.33. The van der Waals surface area contributed by atoms with Crippen LogP contribution in [0.15, 0.2) is 30.5 Å². The van der Waals surface area contributed by atoms with Gasteiger partial charge in [0.15, 0.2) is 0 Å². The van der Waals surface area contributed by atoms with Crippen molar-refractivity contribution in [2.24, 2.45) is 0 Å². The molecular formula is C17H22N2O3. The predicted octanol–water partition coefficient (Wildman–Crippen LogP) is 3.07. The molecule has 0 fully saturated rings. The molecule has 0 N–H and O–H groups in total. The van der Waals surface area contributed by atoms with Crippen LogP contribution in [0, 0.1) is 0 Å². The molecule has 5 nitrogen and oxygen atoms in total. The Kier molecular flexibility index (Phi) is 5.58. The Bertz CT molecular complexity index is 617. The molecular weight excluding hydrogens is 280 g/mol. The lowest BCUT2D eigenvalue weighted by Gasteiger charge is -2.09. The minimum Gasteiger partial charge on any atom is -0.497 e. The van der Waals surface area contributed by atoms with Crippen LogP contribution in [0.2, 0.25) is 0 Å². The van der Waals surface area contributed by atoms with Gasteiger partial charge in [-0.05, 0) is 31.0 Å². The van der Waals surface area contributed by atoms with E-state index in [1.807, 2.05) is 28.9 Å². The molecule has 0 bridgehead atoms. The fourth-order valence-electron chi connectivity index (χ4n) is 2.33. The van der Waals surface area contributed by atoms with Gasteiger partial charge in [0.2, 0.25) is 0 Å². The number of rotatable bonds is 7. The molecule has 0 unspecified atom stereocenters. The molecule has 1 aromatic carbocycles. The summed E-state index contributed by atoms with van der Waals surface area (Å²) in [6.45, 7) is 4.88. The van der Waals surface area contributed by atoms with Crippen LogP contribution >= 0.6 is 0 Å². The van der Waals surface area contributed by atoms with Gasteiger partial charge in [-0.15, -0.1) is 0 Å². The first-order chi connectivity index (χ1) is 10.7. The van der Waals surface area contributed by atoms with E-state index < -0.39 is 0 Å². The first-order valence-corrected chi connectivity index (χ1v) is 7.54. The molecule has 118 valence electrons. The van der Waals surface area contributed by atoms with Gasteiger partial charge in [-0.2, -0.15) is 5.10 Å². The Balaban J connectivity index is 2.23. The molecule has 0 aliphatic rings. The van der Waals surface area contributed by atoms with Gasteiger partial charge in [0.05, 0.1) is 32.2 Å². The van der Waals surface area contributed by atoms with Gasteiger partial charge < -0.3 is 9.47 Å². The zero-order chi connectivity index (χ0) is 15.9. The van der Waals surface area contributed by atoms with Gasteiger partial charge in [-0.3, -0.25) is 4.68 Å². The number of ether oxygens (including phenoxy) is 2. The third-order valence-corrected chi connectivity index (χ3v) is 3.42. The number of nitrogens with zero attached hydrogens (tertiary/aromatic N) is 2. The van der Waals surface area contributed by atoms with Crippen LogP contribution in [0.1, 0.15) is 41.9 Å². The van der Waals surface area contributed by atoms with Crippen molar-refractivity contribution >= 4 is 5.97 Å². The van der Waals surface area contributed by atoms with Gasteiger partial charge in [0, 0.05) is 0 Å². The Morgan fingerprint density at radius 2 is 1.95 bits per heavy atom. The largest absolute Gasteiger partial charge is 0.497 e. The van der Waals surface area contributed by atoms with Crippen LogP contribution in [0.4, 0.5) is 0 Å². The van der Waals surface area contributed by atoms with Crippen molar-refractivity contribution in [3.8, 4) is 5.75 Å². The number of benzene rings is 1. The maximum atomic E-state index is 12.0. The number of methoxy groups -OCH3 is 1. The Hall–Kier alpha value is -2.30. The molecule has 0 atom stereocenters. The number of carbonyl (C=O) groups excluding carboxylic acids is 1. The second-order valence-corrected chi connectivity index (χ2v) is 4.98. The molecule has 0 amide bonds. The molecule has 0 aliphatic heterocycles. The number of carbonyl (C=O) groups is 1. The van der Waals surface area contributed by atoms with E-state index in [1.165, 1.54) is 0 Å². The zero-order valence-electron chi connectivity index (χ0n) is 13.3. The minimum absolute atomic E-state index is 0.299. The quantitative estimate of drug-likeness (QED) is 0.738. The Morgan fingerprint density at radius 3 is 2.55 bits per heavy atom. The molecule has 2 rings (SSSR count). The summed E-state index contributed by atoms with van der Waals surface area (Å²) in [6, 6.07) is 7.84. The van der Waals surface area contributed by atoms with Crippen molar-refractivity contribution in [3.63, 3.8) is 0 Å². The topological polar surface area (TPSA) is 53.3 Å². The fraction of sp³-hybridized carbons (Fsp3) is 0.412. The first-order valence-electron chi connectivity index (χ1n) is 7.54. The lowest BCUT2D eigenvalue weighted by atomic mass is 10.1. The highest BCUT2D eigenvalue weighted by molar-refractivity contribution is 5.90. The average Bonchev–Trinajstić information content (AvgIpc) is 2.92. The number of hydrogen-bond acceptors (Lipinski definition) is 4. The molecule has 1 heterocycles. The summed E-state index contributed by atoms with van der Waals surface area (Å²) < 4.78 is 12.1. The van der Waals surface area contributed by atoms with Crippen molar-refractivity contribution in [1.82, 2.24) is 9.78 Å². The van der Waals surface area contributed by atoms with E-state index in [1.54, 1.807) is 20.2 Å². The van der Waals surface area contributed by atoms with E-state index in [0.29, 0.717) is 18.7 Å². The van der Waals surface area contributed by atoms with E-state index in [4.69, 9.17) is 9.47 Å². The smallest absolute Gasteiger partial charge is 0.341 e. The molecule has 1 aromatic heterocycles. The number of esters is 1. The van der Waals surface area contributed by atoms with Gasteiger partial charge in [0.1, 0.15) is 11.3 Å².